The van der Waals surface area contributed by atoms with Gasteiger partial charge in [-0.05, 0) is 47.7 Å². The van der Waals surface area contributed by atoms with Crippen molar-refractivity contribution in [1.29, 1.82) is 0 Å². The number of fused-ring (bicyclic) bond motifs is 1. The standard InChI is InChI=1S/C26H28N2O/c1-19(2)22-12-6-9-15-25(22)29-17-16-28-24-14-8-7-13-23(24)27-26(28)18-21-11-5-4-10-20(21)3/h4-15,19H,16-18H2,1-3H3. The van der Waals surface area contributed by atoms with E-state index in [-0.39, 0.29) is 0 Å². The Morgan fingerprint density at radius 2 is 1.62 bits per heavy atom. The number of benzene rings is 3. The third kappa shape index (κ3) is 4.19. The van der Waals surface area contributed by atoms with Gasteiger partial charge in [0.25, 0.3) is 0 Å². The molecule has 0 spiro atoms. The first-order valence-electron chi connectivity index (χ1n) is 10.3. The van der Waals surface area contributed by atoms with Crippen LogP contribution in [0.5, 0.6) is 5.75 Å². The average molecular weight is 385 g/mol. The predicted octanol–water partition coefficient (Wildman–Crippen LogP) is 6.14. The maximum absolute atomic E-state index is 6.20. The smallest absolute Gasteiger partial charge is 0.122 e. The molecule has 0 unspecified atom stereocenters. The van der Waals surface area contributed by atoms with Gasteiger partial charge in [0.05, 0.1) is 17.6 Å². The predicted molar refractivity (Wildman–Crippen MR) is 120 cm³/mol. The zero-order chi connectivity index (χ0) is 20.2. The average Bonchev–Trinajstić information content (AvgIpc) is 3.07. The summed E-state index contributed by atoms with van der Waals surface area (Å²) in [5.74, 6) is 2.51. The van der Waals surface area contributed by atoms with Crippen LogP contribution in [0, 0.1) is 6.92 Å². The molecular formula is C26H28N2O. The van der Waals surface area contributed by atoms with Crippen LogP contribution >= 0.6 is 0 Å². The molecule has 148 valence electrons. The topological polar surface area (TPSA) is 27.1 Å². The molecule has 0 aliphatic carbocycles. The molecule has 0 atom stereocenters. The fraction of sp³-hybridized carbons (Fsp3) is 0.269. The van der Waals surface area contributed by atoms with Crippen molar-refractivity contribution in [1.82, 2.24) is 9.55 Å². The van der Waals surface area contributed by atoms with Gasteiger partial charge in [-0.25, -0.2) is 4.98 Å². The van der Waals surface area contributed by atoms with E-state index < -0.39 is 0 Å². The Bertz CT molecular complexity index is 1110. The molecule has 0 aliphatic heterocycles. The Morgan fingerprint density at radius 3 is 2.45 bits per heavy atom. The Balaban J connectivity index is 1.59. The Labute approximate surface area is 173 Å². The summed E-state index contributed by atoms with van der Waals surface area (Å²) in [6.07, 6.45) is 0.823. The van der Waals surface area contributed by atoms with Gasteiger partial charge in [0.15, 0.2) is 0 Å². The highest BCUT2D eigenvalue weighted by Crippen LogP contribution is 2.26. The van der Waals surface area contributed by atoms with Crippen molar-refractivity contribution < 1.29 is 4.74 Å². The van der Waals surface area contributed by atoms with Crippen LogP contribution in [0.2, 0.25) is 0 Å². The van der Waals surface area contributed by atoms with E-state index >= 15 is 0 Å². The number of aryl methyl sites for hydroxylation is 1. The summed E-state index contributed by atoms with van der Waals surface area (Å²) in [4.78, 5) is 4.93. The molecule has 3 nitrogen and oxygen atoms in total. The van der Waals surface area contributed by atoms with Gasteiger partial charge in [-0.15, -0.1) is 0 Å². The summed E-state index contributed by atoms with van der Waals surface area (Å²) in [6, 6.07) is 25.2. The largest absolute Gasteiger partial charge is 0.491 e. The van der Waals surface area contributed by atoms with Crippen LogP contribution in [0.1, 0.15) is 42.3 Å². The van der Waals surface area contributed by atoms with Crippen molar-refractivity contribution in [3.63, 3.8) is 0 Å². The molecule has 0 saturated heterocycles. The Hall–Kier alpha value is -3.07. The second kappa shape index (κ2) is 8.52. The number of imidazole rings is 1. The quantitative estimate of drug-likeness (QED) is 0.383. The fourth-order valence-electron chi connectivity index (χ4n) is 3.82. The molecular weight excluding hydrogens is 356 g/mol. The molecule has 29 heavy (non-hydrogen) atoms. The molecule has 0 radical (unpaired) electrons. The van der Waals surface area contributed by atoms with Crippen molar-refractivity contribution in [2.45, 2.75) is 39.7 Å². The molecule has 0 N–H and O–H groups in total. The number of rotatable bonds is 7. The first-order valence-corrected chi connectivity index (χ1v) is 10.3. The van der Waals surface area contributed by atoms with Crippen LogP contribution in [0.3, 0.4) is 0 Å². The van der Waals surface area contributed by atoms with Gasteiger partial charge in [-0.2, -0.15) is 0 Å². The van der Waals surface area contributed by atoms with Crippen molar-refractivity contribution in [3.05, 3.63) is 95.3 Å². The number of nitrogens with zero attached hydrogens (tertiary/aromatic N) is 2. The minimum absolute atomic E-state index is 0.442. The SMILES string of the molecule is Cc1ccccc1Cc1nc2ccccc2n1CCOc1ccccc1C(C)C. The van der Waals surface area contributed by atoms with Gasteiger partial charge in [-0.1, -0.05) is 68.4 Å². The normalized spacial score (nSPS) is 11.3. The van der Waals surface area contributed by atoms with Crippen molar-refractivity contribution >= 4 is 11.0 Å². The monoisotopic (exact) mass is 384 g/mol. The third-order valence-corrected chi connectivity index (χ3v) is 5.46. The van der Waals surface area contributed by atoms with E-state index in [4.69, 9.17) is 9.72 Å². The molecule has 0 aliphatic rings. The van der Waals surface area contributed by atoms with E-state index in [1.54, 1.807) is 0 Å². The van der Waals surface area contributed by atoms with Gasteiger partial charge < -0.3 is 9.30 Å². The van der Waals surface area contributed by atoms with E-state index in [0.29, 0.717) is 12.5 Å². The summed E-state index contributed by atoms with van der Waals surface area (Å²) >= 11 is 0. The van der Waals surface area contributed by atoms with Gasteiger partial charge in [0.2, 0.25) is 0 Å². The fourth-order valence-corrected chi connectivity index (χ4v) is 3.82. The molecule has 0 saturated carbocycles. The Morgan fingerprint density at radius 1 is 0.897 bits per heavy atom. The van der Waals surface area contributed by atoms with E-state index in [0.717, 1.165) is 35.6 Å². The molecule has 1 aromatic heterocycles. The van der Waals surface area contributed by atoms with Crippen LogP contribution in [-0.2, 0) is 13.0 Å². The lowest BCUT2D eigenvalue weighted by Crippen LogP contribution is -2.12. The lowest BCUT2D eigenvalue weighted by atomic mass is 10.0. The first kappa shape index (κ1) is 19.3. The lowest BCUT2D eigenvalue weighted by molar-refractivity contribution is 0.294. The van der Waals surface area contributed by atoms with Crippen molar-refractivity contribution in [3.8, 4) is 5.75 Å². The summed E-state index contributed by atoms with van der Waals surface area (Å²) in [5, 5.41) is 0. The van der Waals surface area contributed by atoms with E-state index in [1.165, 1.54) is 16.7 Å². The highest BCUT2D eigenvalue weighted by Gasteiger charge is 2.13. The number of hydrogen-bond acceptors (Lipinski definition) is 2. The molecule has 1 heterocycles. The molecule has 0 bridgehead atoms. The molecule has 4 aromatic rings. The first-order chi connectivity index (χ1) is 14.1. The van der Waals surface area contributed by atoms with Gasteiger partial charge in [-0.3, -0.25) is 0 Å². The van der Waals surface area contributed by atoms with E-state index in [1.807, 2.05) is 12.1 Å². The van der Waals surface area contributed by atoms with Crippen LogP contribution in [0.15, 0.2) is 72.8 Å². The van der Waals surface area contributed by atoms with Crippen LogP contribution in [0.25, 0.3) is 11.0 Å². The molecule has 3 heteroatoms. The van der Waals surface area contributed by atoms with Crippen LogP contribution < -0.4 is 4.74 Å². The molecule has 4 rings (SSSR count). The third-order valence-electron chi connectivity index (χ3n) is 5.46. The number of aromatic nitrogens is 2. The van der Waals surface area contributed by atoms with Gasteiger partial charge in [0, 0.05) is 6.42 Å². The van der Waals surface area contributed by atoms with Crippen LogP contribution in [0.4, 0.5) is 0 Å². The minimum Gasteiger partial charge on any atom is -0.491 e. The molecule has 0 amide bonds. The summed E-state index contributed by atoms with van der Waals surface area (Å²) < 4.78 is 8.51. The highest BCUT2D eigenvalue weighted by atomic mass is 16.5. The second-order valence-corrected chi connectivity index (χ2v) is 7.81. The molecule has 3 aromatic carbocycles. The van der Waals surface area contributed by atoms with Crippen molar-refractivity contribution in [2.24, 2.45) is 0 Å². The van der Waals surface area contributed by atoms with Gasteiger partial charge >= 0.3 is 0 Å². The van der Waals surface area contributed by atoms with E-state index in [9.17, 15) is 0 Å². The number of hydrogen-bond donors (Lipinski definition) is 0. The summed E-state index contributed by atoms with van der Waals surface area (Å²) in [5.41, 5.74) is 6.07. The Kier molecular flexibility index (Phi) is 5.66. The highest BCUT2D eigenvalue weighted by molar-refractivity contribution is 5.76. The maximum atomic E-state index is 6.20. The summed E-state index contributed by atoms with van der Waals surface area (Å²) in [7, 11) is 0. The second-order valence-electron chi connectivity index (χ2n) is 7.81. The summed E-state index contributed by atoms with van der Waals surface area (Å²) in [6.45, 7) is 7.95. The zero-order valence-corrected chi connectivity index (χ0v) is 17.4. The number of para-hydroxylation sites is 3. The minimum atomic E-state index is 0.442. The number of ether oxygens (including phenoxy) is 1. The van der Waals surface area contributed by atoms with E-state index in [2.05, 4.69) is 86.0 Å². The maximum Gasteiger partial charge on any atom is 0.122 e. The lowest BCUT2D eigenvalue weighted by Gasteiger charge is -2.15. The van der Waals surface area contributed by atoms with Crippen LogP contribution in [-0.4, -0.2) is 16.2 Å². The zero-order valence-electron chi connectivity index (χ0n) is 17.4. The van der Waals surface area contributed by atoms with Crippen molar-refractivity contribution in [2.75, 3.05) is 6.61 Å². The van der Waals surface area contributed by atoms with Gasteiger partial charge in [0.1, 0.15) is 18.2 Å². The molecule has 0 fully saturated rings.